The highest BCUT2D eigenvalue weighted by Crippen LogP contribution is 2.25. The highest BCUT2D eigenvalue weighted by molar-refractivity contribution is 7.90. The summed E-state index contributed by atoms with van der Waals surface area (Å²) in [6.07, 6.45) is 0. The molecule has 25 heavy (non-hydrogen) atoms. The van der Waals surface area contributed by atoms with Crippen LogP contribution < -0.4 is 4.72 Å². The predicted molar refractivity (Wildman–Crippen MR) is 99.6 cm³/mol. The van der Waals surface area contributed by atoms with Crippen molar-refractivity contribution < 1.29 is 8.42 Å². The van der Waals surface area contributed by atoms with Crippen molar-refractivity contribution in [1.82, 2.24) is 9.71 Å². The summed E-state index contributed by atoms with van der Waals surface area (Å²) in [5.74, 6) is 0.360. The molecule has 0 radical (unpaired) electrons. The summed E-state index contributed by atoms with van der Waals surface area (Å²) in [5.41, 5.74) is 2.42. The fourth-order valence-corrected chi connectivity index (χ4v) is 4.64. The van der Waals surface area contributed by atoms with Crippen molar-refractivity contribution in [1.29, 1.82) is 0 Å². The number of aliphatic imine (C=N–C) groups is 1. The number of aromatic nitrogens is 1. The zero-order valence-corrected chi connectivity index (χ0v) is 15.2. The number of halogens is 1. The van der Waals surface area contributed by atoms with E-state index in [-0.39, 0.29) is 4.90 Å². The van der Waals surface area contributed by atoms with Crippen LogP contribution in [-0.2, 0) is 16.6 Å². The van der Waals surface area contributed by atoms with Crippen molar-refractivity contribution in [2.75, 3.05) is 0 Å². The van der Waals surface area contributed by atoms with E-state index in [0.29, 0.717) is 23.0 Å². The zero-order chi connectivity index (χ0) is 17.4. The Kier molecular flexibility index (Phi) is 4.07. The van der Waals surface area contributed by atoms with Crippen LogP contribution in [0.2, 0.25) is 5.02 Å². The lowest BCUT2D eigenvalue weighted by Gasteiger charge is -1.98. The van der Waals surface area contributed by atoms with Crippen molar-refractivity contribution in [3.05, 3.63) is 69.5 Å². The smallest absolute Gasteiger partial charge is 0.263 e. The summed E-state index contributed by atoms with van der Waals surface area (Å²) in [4.78, 5) is 9.22. The van der Waals surface area contributed by atoms with E-state index in [1.165, 1.54) is 11.3 Å². The molecule has 5 nitrogen and oxygen atoms in total. The molecule has 1 aliphatic heterocycles. The van der Waals surface area contributed by atoms with Crippen LogP contribution in [0.1, 0.15) is 10.6 Å². The van der Waals surface area contributed by atoms with E-state index in [2.05, 4.69) is 14.7 Å². The van der Waals surface area contributed by atoms with E-state index >= 15 is 0 Å². The first-order valence-corrected chi connectivity index (χ1v) is 10.1. The topological polar surface area (TPSA) is 71.4 Å². The third-order valence-electron chi connectivity index (χ3n) is 3.73. The van der Waals surface area contributed by atoms with Gasteiger partial charge in [-0.15, -0.1) is 11.3 Å². The average Bonchev–Trinajstić information content (AvgIpc) is 3.17. The molecule has 0 atom stereocenters. The Bertz CT molecular complexity index is 1070. The quantitative estimate of drug-likeness (QED) is 0.742. The number of hydrogen-bond donors (Lipinski definition) is 1. The minimum Gasteiger partial charge on any atom is -0.263 e. The number of benzene rings is 2. The van der Waals surface area contributed by atoms with Gasteiger partial charge in [-0.3, -0.25) is 9.71 Å². The summed E-state index contributed by atoms with van der Waals surface area (Å²) in [6, 6.07) is 14.3. The maximum Gasteiger partial charge on any atom is 0.263 e. The molecule has 0 spiro atoms. The zero-order valence-electron chi connectivity index (χ0n) is 12.8. The largest absolute Gasteiger partial charge is 0.263 e. The molecule has 2 heterocycles. The molecule has 0 unspecified atom stereocenters. The lowest BCUT2D eigenvalue weighted by Crippen LogP contribution is -2.22. The number of rotatable bonds is 3. The standard InChI is InChI=1S/C17H12ClN3O2S2/c18-12-7-5-11(6-8-12)14-10-24-16(20-14)9-19-17-13-3-1-2-4-15(13)25(22,23)21-17/h1-8,10H,9H2,(H,19,21). The Morgan fingerprint density at radius 1 is 1.12 bits per heavy atom. The van der Waals surface area contributed by atoms with Gasteiger partial charge in [-0.05, 0) is 24.3 Å². The first-order valence-electron chi connectivity index (χ1n) is 7.40. The molecule has 0 aliphatic carbocycles. The second kappa shape index (κ2) is 6.25. The Balaban J connectivity index is 1.58. The van der Waals surface area contributed by atoms with Gasteiger partial charge in [0, 0.05) is 21.5 Å². The van der Waals surface area contributed by atoms with Gasteiger partial charge in [0.25, 0.3) is 10.0 Å². The molecular weight excluding hydrogens is 378 g/mol. The number of nitrogens with zero attached hydrogens (tertiary/aromatic N) is 2. The molecule has 3 aromatic rings. The highest BCUT2D eigenvalue weighted by atomic mass is 35.5. The van der Waals surface area contributed by atoms with Gasteiger partial charge in [-0.1, -0.05) is 35.9 Å². The van der Waals surface area contributed by atoms with Gasteiger partial charge in [0.05, 0.1) is 17.1 Å². The SMILES string of the molecule is O=S1(=O)NC(=NCc2nc(-c3ccc(Cl)cc3)cs2)c2ccccc21. The number of hydrogen-bond acceptors (Lipinski definition) is 5. The number of amidine groups is 1. The second-order valence-electron chi connectivity index (χ2n) is 5.40. The Hall–Kier alpha value is -2.22. The van der Waals surface area contributed by atoms with Crippen molar-refractivity contribution in [2.24, 2.45) is 4.99 Å². The third-order valence-corrected chi connectivity index (χ3v) is 6.21. The summed E-state index contributed by atoms with van der Waals surface area (Å²) in [5, 5.41) is 3.43. The van der Waals surface area contributed by atoms with E-state index in [1.54, 1.807) is 24.3 Å². The van der Waals surface area contributed by atoms with E-state index in [4.69, 9.17) is 11.6 Å². The summed E-state index contributed by atoms with van der Waals surface area (Å²) < 4.78 is 26.6. The minimum atomic E-state index is -3.51. The van der Waals surface area contributed by atoms with Gasteiger partial charge < -0.3 is 0 Å². The van der Waals surface area contributed by atoms with Gasteiger partial charge in [0.1, 0.15) is 10.8 Å². The first kappa shape index (κ1) is 16.3. The molecule has 8 heteroatoms. The van der Waals surface area contributed by atoms with Gasteiger partial charge in [-0.25, -0.2) is 13.4 Å². The fourth-order valence-electron chi connectivity index (χ4n) is 2.53. The summed E-state index contributed by atoms with van der Waals surface area (Å²) >= 11 is 7.38. The van der Waals surface area contributed by atoms with Crippen LogP contribution in [0.3, 0.4) is 0 Å². The lowest BCUT2D eigenvalue weighted by atomic mass is 10.2. The number of sulfonamides is 1. The third kappa shape index (κ3) is 3.18. The number of nitrogens with one attached hydrogen (secondary N) is 1. The van der Waals surface area contributed by atoms with Crippen molar-refractivity contribution >= 4 is 38.8 Å². The van der Waals surface area contributed by atoms with Crippen LogP contribution in [-0.4, -0.2) is 19.2 Å². The summed E-state index contributed by atoms with van der Waals surface area (Å²) in [6.45, 7) is 0.310. The van der Waals surface area contributed by atoms with E-state index in [1.807, 2.05) is 29.6 Å². The molecule has 0 saturated heterocycles. The van der Waals surface area contributed by atoms with E-state index in [0.717, 1.165) is 16.3 Å². The maximum absolute atomic E-state index is 12.1. The fraction of sp³-hybridized carbons (Fsp3) is 0.0588. The Morgan fingerprint density at radius 2 is 1.88 bits per heavy atom. The molecular formula is C17H12ClN3O2S2. The van der Waals surface area contributed by atoms with Crippen LogP contribution in [0.15, 0.2) is 63.8 Å². The monoisotopic (exact) mass is 389 g/mol. The molecule has 0 saturated carbocycles. The number of thiazole rings is 1. The molecule has 1 N–H and O–H groups in total. The Labute approximate surface area is 154 Å². The Morgan fingerprint density at radius 3 is 2.68 bits per heavy atom. The normalized spacial score (nSPS) is 16.6. The highest BCUT2D eigenvalue weighted by Gasteiger charge is 2.30. The van der Waals surface area contributed by atoms with E-state index in [9.17, 15) is 8.42 Å². The number of fused-ring (bicyclic) bond motifs is 1. The molecule has 4 rings (SSSR count). The molecule has 126 valence electrons. The predicted octanol–water partition coefficient (Wildman–Crippen LogP) is 3.70. The molecule has 0 fully saturated rings. The van der Waals surface area contributed by atoms with Crippen LogP contribution >= 0.6 is 22.9 Å². The average molecular weight is 390 g/mol. The first-order chi connectivity index (χ1) is 12.0. The lowest BCUT2D eigenvalue weighted by molar-refractivity contribution is 0.595. The molecule has 1 aliphatic rings. The molecule has 1 aromatic heterocycles. The summed E-state index contributed by atoms with van der Waals surface area (Å²) in [7, 11) is -3.51. The maximum atomic E-state index is 12.1. The van der Waals surface area contributed by atoms with Crippen LogP contribution in [0.4, 0.5) is 0 Å². The van der Waals surface area contributed by atoms with E-state index < -0.39 is 10.0 Å². The molecule has 0 bridgehead atoms. The molecule has 2 aromatic carbocycles. The van der Waals surface area contributed by atoms with Crippen molar-refractivity contribution in [3.8, 4) is 11.3 Å². The molecule has 0 amide bonds. The minimum absolute atomic E-state index is 0.259. The van der Waals surface area contributed by atoms with Crippen LogP contribution in [0.25, 0.3) is 11.3 Å². The van der Waals surface area contributed by atoms with Crippen molar-refractivity contribution in [2.45, 2.75) is 11.4 Å². The van der Waals surface area contributed by atoms with Crippen LogP contribution in [0, 0.1) is 0 Å². The second-order valence-corrected chi connectivity index (χ2v) is 8.43. The van der Waals surface area contributed by atoms with Crippen molar-refractivity contribution in [3.63, 3.8) is 0 Å². The van der Waals surface area contributed by atoms with Gasteiger partial charge in [0.15, 0.2) is 0 Å². The van der Waals surface area contributed by atoms with Gasteiger partial charge >= 0.3 is 0 Å². The van der Waals surface area contributed by atoms with Gasteiger partial charge in [0.2, 0.25) is 0 Å². The van der Waals surface area contributed by atoms with Crippen LogP contribution in [0.5, 0.6) is 0 Å². The van der Waals surface area contributed by atoms with Gasteiger partial charge in [-0.2, -0.15) is 0 Å².